The fourth-order valence-corrected chi connectivity index (χ4v) is 4.72. The van der Waals surface area contributed by atoms with Crippen molar-refractivity contribution in [2.24, 2.45) is 5.92 Å². The van der Waals surface area contributed by atoms with Crippen molar-refractivity contribution in [3.05, 3.63) is 63.7 Å². The van der Waals surface area contributed by atoms with Crippen molar-refractivity contribution in [2.45, 2.75) is 92.0 Å². The lowest BCUT2D eigenvalue weighted by atomic mass is 9.93. The van der Waals surface area contributed by atoms with E-state index in [9.17, 15) is 14.4 Å². The van der Waals surface area contributed by atoms with Gasteiger partial charge in [0.05, 0.1) is 10.7 Å². The molecule has 0 aliphatic heterocycles. The van der Waals surface area contributed by atoms with Crippen molar-refractivity contribution < 1.29 is 19.1 Å². The first kappa shape index (κ1) is 29.5. The lowest BCUT2D eigenvalue weighted by Crippen LogP contribution is -2.55. The Bertz CT molecular complexity index is 1180. The molecule has 0 heterocycles. The molecule has 8 heteroatoms. The molecule has 2 aromatic rings. The molecule has 1 aliphatic carbocycles. The topological polar surface area (TPSA) is 87.7 Å². The maximum absolute atomic E-state index is 14.2. The summed E-state index contributed by atoms with van der Waals surface area (Å²) < 4.78 is 5.44. The number of hydrogen-bond acceptors (Lipinski definition) is 4. The minimum atomic E-state index is -0.910. The van der Waals surface area contributed by atoms with Gasteiger partial charge in [-0.25, -0.2) is 4.79 Å². The number of amides is 3. The average Bonchev–Trinajstić information content (AvgIpc) is 3.64. The van der Waals surface area contributed by atoms with Crippen LogP contribution in [0.2, 0.25) is 5.02 Å². The summed E-state index contributed by atoms with van der Waals surface area (Å²) in [5.41, 5.74) is 3.32. The maximum atomic E-state index is 14.2. The molecule has 7 nitrogen and oxygen atoms in total. The quantitative estimate of drug-likeness (QED) is 0.400. The number of halogens is 1. The van der Waals surface area contributed by atoms with Crippen LogP contribution < -0.4 is 10.6 Å². The monoisotopic (exact) mass is 541 g/mol. The molecule has 1 aliphatic rings. The zero-order chi connectivity index (χ0) is 28.4. The van der Waals surface area contributed by atoms with Crippen molar-refractivity contribution in [1.82, 2.24) is 10.2 Å². The Balaban J connectivity index is 2.06. The van der Waals surface area contributed by atoms with Crippen molar-refractivity contribution in [3.8, 4) is 0 Å². The van der Waals surface area contributed by atoms with E-state index in [1.807, 2.05) is 65.0 Å². The van der Waals surface area contributed by atoms with Crippen molar-refractivity contribution in [3.63, 3.8) is 0 Å². The number of hydrogen-bond donors (Lipinski definition) is 2. The smallest absolute Gasteiger partial charge is 0.408 e. The minimum absolute atomic E-state index is 0.118. The number of carbonyl (C=O) groups excluding carboxylic acids is 3. The second-order valence-corrected chi connectivity index (χ2v) is 11.9. The van der Waals surface area contributed by atoms with E-state index >= 15 is 0 Å². The second kappa shape index (κ2) is 11.8. The number of aryl methyl sites for hydroxylation is 2. The standard InChI is InChI=1S/C30H40ClN3O4/c1-17(2)24(33-29(37)38-30(6,7)8)28(36)34(21-15-16-21)26(22-13-9-11-18(3)20(22)5)27(35)32-25-19(4)12-10-14-23(25)31/h9-14,17,21,24,26H,15-16H2,1-8H3,(H,32,35)(H,33,37). The molecule has 38 heavy (non-hydrogen) atoms. The number of para-hydroxylation sites is 1. The first-order valence-electron chi connectivity index (χ1n) is 13.1. The summed E-state index contributed by atoms with van der Waals surface area (Å²) in [6, 6.07) is 9.29. The van der Waals surface area contributed by atoms with Gasteiger partial charge in [-0.2, -0.15) is 0 Å². The Morgan fingerprint density at radius 1 is 1.00 bits per heavy atom. The van der Waals surface area contributed by atoms with E-state index in [0.29, 0.717) is 10.7 Å². The van der Waals surface area contributed by atoms with Gasteiger partial charge in [0.25, 0.3) is 5.91 Å². The van der Waals surface area contributed by atoms with Crippen LogP contribution >= 0.6 is 11.6 Å². The lowest BCUT2D eigenvalue weighted by Gasteiger charge is -2.36. The van der Waals surface area contributed by atoms with Gasteiger partial charge in [0, 0.05) is 6.04 Å². The number of alkyl carbamates (subject to hydrolysis) is 1. The van der Waals surface area contributed by atoms with Crippen LogP contribution in [0.15, 0.2) is 36.4 Å². The molecule has 0 spiro atoms. The van der Waals surface area contributed by atoms with Gasteiger partial charge in [-0.3, -0.25) is 9.59 Å². The van der Waals surface area contributed by atoms with Crippen LogP contribution in [0.1, 0.15) is 75.8 Å². The third-order valence-corrected chi connectivity index (χ3v) is 7.05. The van der Waals surface area contributed by atoms with Gasteiger partial charge in [-0.1, -0.05) is 55.8 Å². The zero-order valence-electron chi connectivity index (χ0n) is 23.6. The van der Waals surface area contributed by atoms with E-state index in [1.165, 1.54) is 0 Å². The normalized spacial score (nSPS) is 15.0. The third-order valence-electron chi connectivity index (χ3n) is 6.74. The molecule has 0 aromatic heterocycles. The number of nitrogens with zero attached hydrogens (tertiary/aromatic N) is 1. The number of anilines is 1. The molecule has 0 saturated heterocycles. The number of nitrogens with one attached hydrogen (secondary N) is 2. The summed E-state index contributed by atoms with van der Waals surface area (Å²) in [5, 5.41) is 6.20. The van der Waals surface area contributed by atoms with Gasteiger partial charge < -0.3 is 20.3 Å². The highest BCUT2D eigenvalue weighted by molar-refractivity contribution is 6.34. The molecule has 3 amide bonds. The second-order valence-electron chi connectivity index (χ2n) is 11.5. The molecule has 0 bridgehead atoms. The molecule has 1 fully saturated rings. The molecule has 2 unspecified atom stereocenters. The highest BCUT2D eigenvalue weighted by Gasteiger charge is 2.45. The van der Waals surface area contributed by atoms with Crippen LogP contribution in [0.25, 0.3) is 0 Å². The van der Waals surface area contributed by atoms with Crippen LogP contribution in [0.5, 0.6) is 0 Å². The number of ether oxygens (including phenoxy) is 1. The Hall–Kier alpha value is -3.06. The van der Waals surface area contributed by atoms with Gasteiger partial charge in [0.1, 0.15) is 17.7 Å². The lowest BCUT2D eigenvalue weighted by molar-refractivity contribution is -0.142. The summed E-state index contributed by atoms with van der Waals surface area (Å²) in [6.07, 6.45) is 0.894. The summed E-state index contributed by atoms with van der Waals surface area (Å²) in [6.45, 7) is 14.9. The van der Waals surface area contributed by atoms with Crippen LogP contribution in [0.3, 0.4) is 0 Å². The number of benzene rings is 2. The Morgan fingerprint density at radius 2 is 1.61 bits per heavy atom. The molecule has 2 atom stereocenters. The molecule has 2 aromatic carbocycles. The van der Waals surface area contributed by atoms with Gasteiger partial charge >= 0.3 is 6.09 Å². The van der Waals surface area contributed by atoms with Gasteiger partial charge in [-0.15, -0.1) is 0 Å². The Kier molecular flexibility index (Phi) is 9.13. The van der Waals surface area contributed by atoms with Gasteiger partial charge in [0.15, 0.2) is 0 Å². The Morgan fingerprint density at radius 3 is 2.16 bits per heavy atom. The van der Waals surface area contributed by atoms with Crippen LogP contribution in [0, 0.1) is 26.7 Å². The molecule has 2 N–H and O–H groups in total. The molecule has 0 radical (unpaired) electrons. The first-order valence-corrected chi connectivity index (χ1v) is 13.5. The van der Waals surface area contributed by atoms with Crippen LogP contribution in [0.4, 0.5) is 10.5 Å². The third kappa shape index (κ3) is 7.07. The Labute approximate surface area is 231 Å². The zero-order valence-corrected chi connectivity index (χ0v) is 24.4. The SMILES string of the molecule is Cc1cccc(C(C(=O)Nc2c(C)cccc2Cl)N(C(=O)C(NC(=O)OC(C)(C)C)C(C)C)C2CC2)c1C. The fraction of sp³-hybridized carbons (Fsp3) is 0.500. The first-order chi connectivity index (χ1) is 17.7. The van der Waals surface area contributed by atoms with Crippen LogP contribution in [-0.4, -0.2) is 40.5 Å². The largest absolute Gasteiger partial charge is 0.444 e. The van der Waals surface area contributed by atoms with E-state index in [0.717, 1.165) is 35.1 Å². The minimum Gasteiger partial charge on any atom is -0.444 e. The van der Waals surface area contributed by atoms with Crippen molar-refractivity contribution >= 4 is 35.2 Å². The number of rotatable bonds is 8. The summed E-state index contributed by atoms with van der Waals surface area (Å²) in [4.78, 5) is 42.6. The summed E-state index contributed by atoms with van der Waals surface area (Å²) in [7, 11) is 0. The molecule has 3 rings (SSSR count). The van der Waals surface area contributed by atoms with Crippen molar-refractivity contribution in [1.29, 1.82) is 0 Å². The van der Waals surface area contributed by atoms with E-state index in [-0.39, 0.29) is 23.8 Å². The highest BCUT2D eigenvalue weighted by Crippen LogP contribution is 2.38. The van der Waals surface area contributed by atoms with E-state index in [1.54, 1.807) is 31.7 Å². The summed E-state index contributed by atoms with van der Waals surface area (Å²) >= 11 is 6.44. The van der Waals surface area contributed by atoms with Gasteiger partial charge in [0.2, 0.25) is 5.91 Å². The fourth-order valence-electron chi connectivity index (χ4n) is 4.45. The van der Waals surface area contributed by atoms with E-state index < -0.39 is 23.8 Å². The molecular weight excluding hydrogens is 502 g/mol. The molecule has 206 valence electrons. The number of carbonyl (C=O) groups is 3. The summed E-state index contributed by atoms with van der Waals surface area (Å²) in [5.74, 6) is -0.899. The predicted octanol–water partition coefficient (Wildman–Crippen LogP) is 6.49. The molecule has 1 saturated carbocycles. The van der Waals surface area contributed by atoms with E-state index in [2.05, 4.69) is 10.6 Å². The molecular formula is C30H40ClN3O4. The van der Waals surface area contributed by atoms with Crippen molar-refractivity contribution in [2.75, 3.05) is 5.32 Å². The van der Waals surface area contributed by atoms with Gasteiger partial charge in [-0.05, 0) is 88.6 Å². The predicted molar refractivity (Wildman–Crippen MR) is 151 cm³/mol. The highest BCUT2D eigenvalue weighted by atomic mass is 35.5. The average molecular weight is 542 g/mol. The van der Waals surface area contributed by atoms with E-state index in [4.69, 9.17) is 16.3 Å². The van der Waals surface area contributed by atoms with Crippen LogP contribution in [-0.2, 0) is 14.3 Å². The maximum Gasteiger partial charge on any atom is 0.408 e.